The number of nitrogens with one attached hydrogen (secondary N) is 1. The average Bonchev–Trinajstić information content (AvgIpc) is 3.19. The van der Waals surface area contributed by atoms with Crippen LogP contribution in [0.1, 0.15) is 27.2 Å². The second-order valence-corrected chi connectivity index (χ2v) is 7.66. The summed E-state index contributed by atoms with van der Waals surface area (Å²) >= 11 is 0. The highest BCUT2D eigenvalue weighted by Gasteiger charge is 2.53. The van der Waals surface area contributed by atoms with E-state index in [1.165, 1.54) is 11.8 Å². The predicted molar refractivity (Wildman–Crippen MR) is 93.8 cm³/mol. The zero-order valence-electron chi connectivity index (χ0n) is 15.7. The molecule has 2 rings (SSSR count). The molecule has 25 heavy (non-hydrogen) atoms. The van der Waals surface area contributed by atoms with Crippen LogP contribution in [-0.2, 0) is 14.4 Å². The summed E-state index contributed by atoms with van der Waals surface area (Å²) in [5.41, 5.74) is 0.203. The molecule has 1 aliphatic heterocycles. The van der Waals surface area contributed by atoms with Crippen molar-refractivity contribution in [2.75, 3.05) is 27.2 Å². The van der Waals surface area contributed by atoms with Crippen LogP contribution in [0.15, 0.2) is 11.6 Å². The van der Waals surface area contributed by atoms with Crippen molar-refractivity contribution in [2.45, 2.75) is 39.3 Å². The third-order valence-corrected chi connectivity index (χ3v) is 5.34. The molecular formula is C18H29N3O4. The van der Waals surface area contributed by atoms with Crippen molar-refractivity contribution in [3.05, 3.63) is 11.6 Å². The van der Waals surface area contributed by atoms with Gasteiger partial charge < -0.3 is 15.3 Å². The first-order chi connectivity index (χ1) is 11.6. The van der Waals surface area contributed by atoms with Crippen molar-refractivity contribution in [3.8, 4) is 0 Å². The van der Waals surface area contributed by atoms with Crippen LogP contribution in [0.5, 0.6) is 0 Å². The van der Waals surface area contributed by atoms with Gasteiger partial charge in [-0.05, 0) is 38.1 Å². The zero-order valence-corrected chi connectivity index (χ0v) is 15.7. The Labute approximate surface area is 149 Å². The number of hydrogen-bond donors (Lipinski definition) is 2. The number of likely N-dealkylation sites (N-methyl/N-ethyl adjacent to an activating group) is 2. The molecule has 0 spiro atoms. The first-order valence-electron chi connectivity index (χ1n) is 8.78. The molecular weight excluding hydrogens is 322 g/mol. The van der Waals surface area contributed by atoms with Gasteiger partial charge >= 0.3 is 5.97 Å². The summed E-state index contributed by atoms with van der Waals surface area (Å²) < 4.78 is 0. The number of carboxylic acid groups (broad SMARTS) is 1. The van der Waals surface area contributed by atoms with Crippen LogP contribution in [0.3, 0.4) is 0 Å². The number of rotatable bonds is 7. The Morgan fingerprint density at radius 3 is 2.48 bits per heavy atom. The lowest BCUT2D eigenvalue weighted by Crippen LogP contribution is -2.49. The maximum absolute atomic E-state index is 12.5. The molecule has 2 amide bonds. The molecule has 1 saturated carbocycles. The first-order valence-corrected chi connectivity index (χ1v) is 8.78. The summed E-state index contributed by atoms with van der Waals surface area (Å²) in [5, 5.41) is 11.8. The van der Waals surface area contributed by atoms with Gasteiger partial charge in [-0.15, -0.1) is 0 Å². The summed E-state index contributed by atoms with van der Waals surface area (Å²) in [6.45, 7) is 6.25. The smallest absolute Gasteiger partial charge is 0.331 e. The Morgan fingerprint density at radius 2 is 2.00 bits per heavy atom. The van der Waals surface area contributed by atoms with Gasteiger partial charge in [-0.2, -0.15) is 0 Å². The Kier molecular flexibility index (Phi) is 5.87. The molecule has 3 unspecified atom stereocenters. The van der Waals surface area contributed by atoms with Crippen LogP contribution in [0.25, 0.3) is 0 Å². The monoisotopic (exact) mass is 351 g/mol. The lowest BCUT2D eigenvalue weighted by atomic mass is 10.00. The lowest BCUT2D eigenvalue weighted by molar-refractivity contribution is -0.135. The predicted octanol–water partition coefficient (Wildman–Crippen LogP) is 0.567. The highest BCUT2D eigenvalue weighted by Crippen LogP contribution is 2.48. The minimum atomic E-state index is -0.997. The minimum Gasteiger partial charge on any atom is -0.478 e. The van der Waals surface area contributed by atoms with Gasteiger partial charge in [0.05, 0.1) is 18.6 Å². The minimum absolute atomic E-state index is 0.0622. The van der Waals surface area contributed by atoms with E-state index >= 15 is 0 Å². The molecule has 0 bridgehead atoms. The number of carboxylic acids is 1. The number of amides is 2. The molecule has 140 valence electrons. The van der Waals surface area contributed by atoms with Crippen LogP contribution in [-0.4, -0.2) is 72.0 Å². The number of carbonyl (C=O) groups is 3. The van der Waals surface area contributed by atoms with Crippen LogP contribution in [0.4, 0.5) is 0 Å². The molecule has 1 saturated heterocycles. The number of carbonyl (C=O) groups excluding carboxylic acids is 2. The van der Waals surface area contributed by atoms with E-state index in [9.17, 15) is 14.4 Å². The highest BCUT2D eigenvalue weighted by atomic mass is 16.4. The van der Waals surface area contributed by atoms with Crippen molar-refractivity contribution in [2.24, 2.45) is 17.8 Å². The molecule has 2 aliphatic rings. The fraction of sp³-hybridized carbons (Fsp3) is 0.722. The number of aliphatic carboxylic acids is 1. The van der Waals surface area contributed by atoms with Crippen molar-refractivity contribution >= 4 is 17.8 Å². The van der Waals surface area contributed by atoms with Crippen LogP contribution >= 0.6 is 0 Å². The van der Waals surface area contributed by atoms with Crippen LogP contribution in [0.2, 0.25) is 0 Å². The Morgan fingerprint density at radius 1 is 1.36 bits per heavy atom. The largest absolute Gasteiger partial charge is 0.478 e. The quantitative estimate of drug-likeness (QED) is 0.655. The fourth-order valence-electron chi connectivity index (χ4n) is 3.71. The molecule has 0 aromatic rings. The Balaban J connectivity index is 1.93. The zero-order chi connectivity index (χ0) is 18.9. The number of piperidine rings is 1. The van der Waals surface area contributed by atoms with Crippen LogP contribution < -0.4 is 5.32 Å². The summed E-state index contributed by atoms with van der Waals surface area (Å²) in [6, 6.07) is -0.458. The van der Waals surface area contributed by atoms with Gasteiger partial charge in [-0.3, -0.25) is 14.5 Å². The SMILES string of the molecule is C/C(=C\[C@H](C(C)C)N(C)C(=O)CNC(=O)C1C2CC2CN1C)C(=O)O. The normalized spacial score (nSPS) is 27.0. The third-order valence-electron chi connectivity index (χ3n) is 5.34. The maximum atomic E-state index is 12.5. The van der Waals surface area contributed by atoms with Gasteiger partial charge in [0.1, 0.15) is 0 Å². The first kappa shape index (κ1) is 19.4. The Hall–Kier alpha value is -1.89. The van der Waals surface area contributed by atoms with Gasteiger partial charge in [-0.25, -0.2) is 4.79 Å². The molecule has 1 heterocycles. The van der Waals surface area contributed by atoms with E-state index in [1.807, 2.05) is 20.9 Å². The molecule has 4 atom stereocenters. The molecule has 7 nitrogen and oxygen atoms in total. The second-order valence-electron chi connectivity index (χ2n) is 7.66. The van der Waals surface area contributed by atoms with Gasteiger partial charge in [-0.1, -0.05) is 19.9 Å². The average molecular weight is 351 g/mol. The van der Waals surface area contributed by atoms with Crippen molar-refractivity contribution in [3.63, 3.8) is 0 Å². The van der Waals surface area contributed by atoms with Gasteiger partial charge in [0.15, 0.2) is 0 Å². The van der Waals surface area contributed by atoms with Crippen molar-refractivity contribution < 1.29 is 19.5 Å². The second kappa shape index (κ2) is 7.56. The molecule has 2 N–H and O–H groups in total. The van der Waals surface area contributed by atoms with E-state index in [0.29, 0.717) is 11.8 Å². The van der Waals surface area contributed by atoms with E-state index in [1.54, 1.807) is 13.1 Å². The topological polar surface area (TPSA) is 90.0 Å². The van der Waals surface area contributed by atoms with Gasteiger partial charge in [0.25, 0.3) is 0 Å². The number of nitrogens with zero attached hydrogens (tertiary/aromatic N) is 2. The van der Waals surface area contributed by atoms with Crippen LogP contribution in [0, 0.1) is 17.8 Å². The molecule has 7 heteroatoms. The van der Waals surface area contributed by atoms with Crippen molar-refractivity contribution in [1.82, 2.24) is 15.1 Å². The van der Waals surface area contributed by atoms with E-state index < -0.39 is 5.97 Å². The highest BCUT2D eigenvalue weighted by molar-refractivity contribution is 5.89. The third kappa shape index (κ3) is 4.39. The van der Waals surface area contributed by atoms with E-state index in [0.717, 1.165) is 13.0 Å². The van der Waals surface area contributed by atoms with E-state index in [-0.39, 0.29) is 41.9 Å². The fourth-order valence-corrected chi connectivity index (χ4v) is 3.71. The lowest BCUT2D eigenvalue weighted by Gasteiger charge is -2.30. The molecule has 0 aromatic heterocycles. The summed E-state index contributed by atoms with van der Waals surface area (Å²) in [5.74, 6) is -0.187. The number of fused-ring (bicyclic) bond motifs is 1. The summed E-state index contributed by atoms with van der Waals surface area (Å²) in [7, 11) is 3.59. The van der Waals surface area contributed by atoms with Gasteiger partial charge in [0.2, 0.25) is 11.8 Å². The maximum Gasteiger partial charge on any atom is 0.331 e. The summed E-state index contributed by atoms with van der Waals surface area (Å²) in [6.07, 6.45) is 2.69. The van der Waals surface area contributed by atoms with Crippen molar-refractivity contribution in [1.29, 1.82) is 0 Å². The number of hydrogen-bond acceptors (Lipinski definition) is 4. The standard InChI is InChI=1S/C18H29N3O4/c1-10(2)14(6-11(3)18(24)25)21(5)15(22)8-19-17(23)16-13-7-12(13)9-20(16)4/h6,10,12-14,16H,7-9H2,1-5H3,(H,19,23)(H,24,25)/b11-6+/t12?,13?,14-,16?/m1/s1. The van der Waals surface area contributed by atoms with Gasteiger partial charge in [0, 0.05) is 19.2 Å². The van der Waals surface area contributed by atoms with E-state index in [2.05, 4.69) is 10.2 Å². The molecule has 0 radical (unpaired) electrons. The molecule has 2 fully saturated rings. The number of likely N-dealkylation sites (tertiary alicyclic amines) is 1. The van der Waals surface area contributed by atoms with E-state index in [4.69, 9.17) is 5.11 Å². The molecule has 0 aromatic carbocycles. The Bertz CT molecular complexity index is 585. The summed E-state index contributed by atoms with van der Waals surface area (Å²) in [4.78, 5) is 39.4. The molecule has 1 aliphatic carbocycles.